The molecule has 0 bridgehead atoms. The summed E-state index contributed by atoms with van der Waals surface area (Å²) in [5.74, 6) is 1.07. The molecule has 1 aliphatic carbocycles. The minimum absolute atomic E-state index is 0.0869. The fourth-order valence-electron chi connectivity index (χ4n) is 2.45. The number of hydrogen-bond acceptors (Lipinski definition) is 3. The predicted octanol–water partition coefficient (Wildman–Crippen LogP) is 2.68. The van der Waals surface area contributed by atoms with Gasteiger partial charge in [0.2, 0.25) is 5.91 Å². The second-order valence-electron chi connectivity index (χ2n) is 5.77. The fraction of sp³-hybridized carbons (Fsp3) is 0.667. The van der Waals surface area contributed by atoms with E-state index in [1.165, 1.54) is 9.75 Å². The Kier molecular flexibility index (Phi) is 4.63. The number of rotatable bonds is 6. The van der Waals surface area contributed by atoms with Gasteiger partial charge in [-0.15, -0.1) is 11.3 Å². The van der Waals surface area contributed by atoms with Crippen molar-refractivity contribution in [3.63, 3.8) is 0 Å². The monoisotopic (exact) mass is 281 g/mol. The van der Waals surface area contributed by atoms with E-state index in [9.17, 15) is 4.79 Å². The molecule has 2 N–H and O–H groups in total. The lowest BCUT2D eigenvalue weighted by molar-refractivity contribution is -0.123. The maximum absolute atomic E-state index is 12.2. The zero-order valence-electron chi connectivity index (χ0n) is 11.8. The van der Waals surface area contributed by atoms with E-state index in [0.717, 1.165) is 6.42 Å². The summed E-state index contributed by atoms with van der Waals surface area (Å²) in [5, 5.41) is 12.1. The molecule has 3 atom stereocenters. The molecule has 2 rings (SSSR count). The number of carbonyl (C=O) groups excluding carboxylic acids is 1. The van der Waals surface area contributed by atoms with Gasteiger partial charge in [0.1, 0.15) is 0 Å². The van der Waals surface area contributed by atoms with Gasteiger partial charge in [-0.3, -0.25) is 4.79 Å². The number of nitrogens with one attached hydrogen (secondary N) is 1. The van der Waals surface area contributed by atoms with Crippen LogP contribution in [0.4, 0.5) is 0 Å². The van der Waals surface area contributed by atoms with E-state index in [4.69, 9.17) is 5.11 Å². The topological polar surface area (TPSA) is 49.3 Å². The van der Waals surface area contributed by atoms with Crippen molar-refractivity contribution < 1.29 is 9.90 Å². The SMILES string of the molecule is Cc1ccc(C2CC2C(=O)NC(CCO)C(C)C)s1. The zero-order valence-corrected chi connectivity index (χ0v) is 12.7. The number of aliphatic hydroxyl groups is 1. The van der Waals surface area contributed by atoms with Gasteiger partial charge in [0.15, 0.2) is 0 Å². The molecule has 0 radical (unpaired) electrons. The molecule has 1 amide bonds. The maximum Gasteiger partial charge on any atom is 0.224 e. The number of aliphatic hydroxyl groups excluding tert-OH is 1. The van der Waals surface area contributed by atoms with Gasteiger partial charge in [-0.2, -0.15) is 0 Å². The molecule has 1 aromatic rings. The van der Waals surface area contributed by atoms with Gasteiger partial charge >= 0.3 is 0 Å². The van der Waals surface area contributed by atoms with Crippen LogP contribution in [0.25, 0.3) is 0 Å². The molecule has 3 unspecified atom stereocenters. The summed E-state index contributed by atoms with van der Waals surface area (Å²) in [6.45, 7) is 6.38. The summed E-state index contributed by atoms with van der Waals surface area (Å²) in [6.07, 6.45) is 1.61. The highest BCUT2D eigenvalue weighted by atomic mass is 32.1. The van der Waals surface area contributed by atoms with E-state index >= 15 is 0 Å². The third-order valence-corrected chi connectivity index (χ3v) is 4.96. The number of hydrogen-bond donors (Lipinski definition) is 2. The first-order valence-electron chi connectivity index (χ1n) is 7.00. The molecule has 19 heavy (non-hydrogen) atoms. The predicted molar refractivity (Wildman–Crippen MR) is 78.4 cm³/mol. The standard InChI is InChI=1S/C15H23NO2S/c1-9(2)13(6-7-17)16-15(18)12-8-11(12)14-5-4-10(3)19-14/h4-5,9,11-13,17H,6-8H2,1-3H3,(H,16,18). The van der Waals surface area contributed by atoms with Gasteiger partial charge in [0.25, 0.3) is 0 Å². The van der Waals surface area contributed by atoms with Crippen LogP contribution in [0, 0.1) is 18.8 Å². The normalized spacial score (nSPS) is 23.4. The minimum atomic E-state index is 0.0869. The summed E-state index contributed by atoms with van der Waals surface area (Å²) in [5.41, 5.74) is 0. The Morgan fingerprint density at radius 3 is 2.79 bits per heavy atom. The lowest BCUT2D eigenvalue weighted by Gasteiger charge is -2.21. The molecule has 1 saturated carbocycles. The van der Waals surface area contributed by atoms with E-state index in [1.807, 2.05) is 0 Å². The first kappa shape index (κ1) is 14.5. The van der Waals surface area contributed by atoms with Crippen molar-refractivity contribution in [3.05, 3.63) is 21.9 Å². The molecule has 1 aliphatic rings. The van der Waals surface area contributed by atoms with Gasteiger partial charge in [-0.25, -0.2) is 0 Å². The third-order valence-electron chi connectivity index (χ3n) is 3.83. The second-order valence-corrected chi connectivity index (χ2v) is 7.09. The maximum atomic E-state index is 12.2. The molecule has 0 saturated heterocycles. The molecule has 3 nitrogen and oxygen atoms in total. The van der Waals surface area contributed by atoms with E-state index in [1.54, 1.807) is 11.3 Å². The summed E-state index contributed by atoms with van der Waals surface area (Å²) >= 11 is 1.79. The highest BCUT2D eigenvalue weighted by Gasteiger charge is 2.45. The first-order valence-corrected chi connectivity index (χ1v) is 7.82. The van der Waals surface area contributed by atoms with Crippen molar-refractivity contribution in [1.82, 2.24) is 5.32 Å². The highest BCUT2D eigenvalue weighted by Crippen LogP contribution is 2.49. The van der Waals surface area contributed by atoms with Crippen molar-refractivity contribution in [2.75, 3.05) is 6.61 Å². The van der Waals surface area contributed by atoms with Crippen LogP contribution in [0.3, 0.4) is 0 Å². The largest absolute Gasteiger partial charge is 0.396 e. The Labute approximate surface area is 119 Å². The molecule has 1 fully saturated rings. The summed E-state index contributed by atoms with van der Waals surface area (Å²) < 4.78 is 0. The number of aryl methyl sites for hydroxylation is 1. The fourth-order valence-corrected chi connectivity index (χ4v) is 3.51. The lowest BCUT2D eigenvalue weighted by atomic mass is 10.0. The Morgan fingerprint density at radius 1 is 1.53 bits per heavy atom. The first-order chi connectivity index (χ1) is 9.02. The smallest absolute Gasteiger partial charge is 0.224 e. The number of amides is 1. The highest BCUT2D eigenvalue weighted by molar-refractivity contribution is 7.12. The number of thiophene rings is 1. The molecule has 0 aromatic carbocycles. The molecular weight excluding hydrogens is 258 g/mol. The van der Waals surface area contributed by atoms with E-state index in [2.05, 4.69) is 38.2 Å². The summed E-state index contributed by atoms with van der Waals surface area (Å²) in [7, 11) is 0. The van der Waals surface area contributed by atoms with Gasteiger partial charge in [0.05, 0.1) is 0 Å². The van der Waals surface area contributed by atoms with E-state index in [-0.39, 0.29) is 24.5 Å². The average molecular weight is 281 g/mol. The molecule has 4 heteroatoms. The van der Waals surface area contributed by atoms with Crippen molar-refractivity contribution in [2.24, 2.45) is 11.8 Å². The van der Waals surface area contributed by atoms with Crippen LogP contribution < -0.4 is 5.32 Å². The molecular formula is C15H23NO2S. The molecule has 0 aliphatic heterocycles. The van der Waals surface area contributed by atoms with Crippen LogP contribution in [-0.4, -0.2) is 23.7 Å². The van der Waals surface area contributed by atoms with Crippen LogP contribution in [0.1, 0.15) is 42.4 Å². The second kappa shape index (κ2) is 6.06. The Bertz CT molecular complexity index is 441. The van der Waals surface area contributed by atoms with Gasteiger partial charge < -0.3 is 10.4 Å². The molecule has 1 aromatic heterocycles. The molecule has 106 valence electrons. The quantitative estimate of drug-likeness (QED) is 0.842. The van der Waals surface area contributed by atoms with Crippen LogP contribution in [0.5, 0.6) is 0 Å². The zero-order chi connectivity index (χ0) is 14.0. The average Bonchev–Trinajstić information content (AvgIpc) is 3.04. The van der Waals surface area contributed by atoms with E-state index in [0.29, 0.717) is 18.3 Å². The summed E-state index contributed by atoms with van der Waals surface area (Å²) in [4.78, 5) is 14.8. The molecule has 1 heterocycles. The van der Waals surface area contributed by atoms with Crippen molar-refractivity contribution >= 4 is 17.2 Å². The Hall–Kier alpha value is -0.870. The van der Waals surface area contributed by atoms with Crippen molar-refractivity contribution in [2.45, 2.75) is 45.6 Å². The molecule has 0 spiro atoms. The summed E-state index contributed by atoms with van der Waals surface area (Å²) in [6, 6.07) is 4.35. The minimum Gasteiger partial charge on any atom is -0.396 e. The van der Waals surface area contributed by atoms with Crippen molar-refractivity contribution in [1.29, 1.82) is 0 Å². The van der Waals surface area contributed by atoms with Crippen molar-refractivity contribution in [3.8, 4) is 0 Å². The van der Waals surface area contributed by atoms with Gasteiger partial charge in [-0.05, 0) is 37.8 Å². The van der Waals surface area contributed by atoms with Crippen LogP contribution >= 0.6 is 11.3 Å². The lowest BCUT2D eigenvalue weighted by Crippen LogP contribution is -2.40. The Balaban J connectivity index is 1.88. The number of carbonyl (C=O) groups is 1. The van der Waals surface area contributed by atoms with E-state index < -0.39 is 0 Å². The third kappa shape index (κ3) is 3.57. The van der Waals surface area contributed by atoms with Gasteiger partial charge in [0, 0.05) is 34.2 Å². The van der Waals surface area contributed by atoms with Crippen LogP contribution in [0.2, 0.25) is 0 Å². The van der Waals surface area contributed by atoms with Gasteiger partial charge in [-0.1, -0.05) is 13.8 Å². The Morgan fingerprint density at radius 2 is 2.26 bits per heavy atom. The van der Waals surface area contributed by atoms with Crippen LogP contribution in [-0.2, 0) is 4.79 Å². The van der Waals surface area contributed by atoms with Crippen LogP contribution in [0.15, 0.2) is 12.1 Å².